The van der Waals surface area contributed by atoms with Crippen molar-refractivity contribution in [2.24, 2.45) is 0 Å². The molecule has 3 N–H and O–H groups in total. The lowest BCUT2D eigenvalue weighted by atomic mass is 9.95. The number of hydrogen-bond acceptors (Lipinski definition) is 8. The van der Waals surface area contributed by atoms with Crippen LogP contribution in [0.4, 0.5) is 15.9 Å². The van der Waals surface area contributed by atoms with Crippen LogP contribution in [0.3, 0.4) is 0 Å². The molecular weight excluding hydrogens is 493 g/mol. The molecule has 1 aromatic carbocycles. The molecule has 4 fully saturated rings. The predicted molar refractivity (Wildman–Crippen MR) is 143 cm³/mol. The van der Waals surface area contributed by atoms with Crippen LogP contribution in [0.1, 0.15) is 38.5 Å². The summed E-state index contributed by atoms with van der Waals surface area (Å²) in [6.07, 6.45) is 6.98. The average molecular weight is 524 g/mol. The summed E-state index contributed by atoms with van der Waals surface area (Å²) in [5.41, 5.74) is 7.37. The van der Waals surface area contributed by atoms with Gasteiger partial charge in [-0.3, -0.25) is 4.90 Å². The van der Waals surface area contributed by atoms with Crippen LogP contribution in [0.5, 0.6) is 6.01 Å². The summed E-state index contributed by atoms with van der Waals surface area (Å²) in [7, 11) is 0. The molecule has 0 spiro atoms. The largest absolute Gasteiger partial charge is 0.461 e. The molecular formula is C27H31ClFN7O. The first kappa shape index (κ1) is 23.4. The lowest BCUT2D eigenvalue weighted by molar-refractivity contribution is 0.108. The van der Waals surface area contributed by atoms with Gasteiger partial charge in [-0.05, 0) is 69.8 Å². The number of nitrogen functional groups attached to an aromatic ring is 1. The van der Waals surface area contributed by atoms with Crippen LogP contribution in [-0.2, 0) is 0 Å². The van der Waals surface area contributed by atoms with E-state index in [1.807, 2.05) is 0 Å². The van der Waals surface area contributed by atoms with Crippen LogP contribution < -0.4 is 20.7 Å². The van der Waals surface area contributed by atoms with E-state index in [1.54, 1.807) is 18.2 Å². The average Bonchev–Trinajstić information content (AvgIpc) is 3.56. The van der Waals surface area contributed by atoms with Crippen LogP contribution in [-0.4, -0.2) is 70.3 Å². The number of nitrogens with zero attached hydrogens (tertiary/aromatic N) is 5. The highest BCUT2D eigenvalue weighted by atomic mass is 35.5. The SMILES string of the molecule is Nc1cccc(F)c1-c1nc2nc(OCC34CCCN3CCC4)nc(N3CC4CCC(C3)N4)c2cc1Cl. The third-order valence-corrected chi connectivity index (χ3v) is 8.97. The fraction of sp³-hybridized carbons (Fsp3) is 0.519. The van der Waals surface area contributed by atoms with E-state index in [0.717, 1.165) is 63.1 Å². The first-order valence-electron chi connectivity index (χ1n) is 13.3. The summed E-state index contributed by atoms with van der Waals surface area (Å²) in [5.74, 6) is 0.299. The summed E-state index contributed by atoms with van der Waals surface area (Å²) in [5, 5.41) is 4.72. The molecule has 6 heterocycles. The molecule has 4 aliphatic rings. The Kier molecular flexibility index (Phi) is 5.64. The molecule has 10 heteroatoms. The van der Waals surface area contributed by atoms with E-state index in [0.29, 0.717) is 35.4 Å². The number of piperazine rings is 1. The molecule has 0 radical (unpaired) electrons. The molecule has 0 saturated carbocycles. The summed E-state index contributed by atoms with van der Waals surface area (Å²) in [6, 6.07) is 7.54. The van der Waals surface area contributed by atoms with Crippen molar-refractivity contribution < 1.29 is 9.13 Å². The maximum Gasteiger partial charge on any atom is 0.320 e. The number of aromatic nitrogens is 3. The van der Waals surface area contributed by atoms with E-state index in [2.05, 4.69) is 15.1 Å². The van der Waals surface area contributed by atoms with E-state index in [1.165, 1.54) is 18.9 Å². The zero-order valence-electron chi connectivity index (χ0n) is 20.7. The minimum absolute atomic E-state index is 0.0762. The Morgan fingerprint density at radius 2 is 1.86 bits per heavy atom. The molecule has 8 nitrogen and oxygen atoms in total. The van der Waals surface area contributed by atoms with Gasteiger partial charge in [0.05, 0.1) is 27.2 Å². The van der Waals surface area contributed by atoms with Gasteiger partial charge in [0.2, 0.25) is 0 Å². The number of ether oxygens (including phenoxy) is 1. The summed E-state index contributed by atoms with van der Waals surface area (Å²) >= 11 is 6.70. The number of halogens is 2. The van der Waals surface area contributed by atoms with Crippen molar-refractivity contribution in [3.63, 3.8) is 0 Å². The summed E-state index contributed by atoms with van der Waals surface area (Å²) in [6.45, 7) is 4.51. The van der Waals surface area contributed by atoms with E-state index in [-0.39, 0.29) is 22.5 Å². The van der Waals surface area contributed by atoms with Crippen LogP contribution in [0, 0.1) is 5.82 Å². The third kappa shape index (κ3) is 3.99. The monoisotopic (exact) mass is 523 g/mol. The quantitative estimate of drug-likeness (QED) is 0.485. The van der Waals surface area contributed by atoms with Crippen molar-refractivity contribution in [1.29, 1.82) is 0 Å². The van der Waals surface area contributed by atoms with Gasteiger partial charge in [-0.15, -0.1) is 0 Å². The summed E-state index contributed by atoms with van der Waals surface area (Å²) in [4.78, 5) is 19.2. The van der Waals surface area contributed by atoms with E-state index in [9.17, 15) is 4.39 Å². The molecule has 2 aromatic heterocycles. The lowest BCUT2D eigenvalue weighted by Crippen LogP contribution is -2.51. The number of pyridine rings is 1. The van der Waals surface area contributed by atoms with Gasteiger partial charge in [-0.2, -0.15) is 9.97 Å². The molecule has 3 aromatic rings. The molecule has 2 unspecified atom stereocenters. The number of hydrogen-bond donors (Lipinski definition) is 2. The first-order chi connectivity index (χ1) is 18.0. The van der Waals surface area contributed by atoms with E-state index in [4.69, 9.17) is 37.0 Å². The van der Waals surface area contributed by atoms with Crippen molar-refractivity contribution in [3.8, 4) is 17.3 Å². The second kappa shape index (κ2) is 8.92. The highest BCUT2D eigenvalue weighted by molar-refractivity contribution is 6.34. The van der Waals surface area contributed by atoms with Crippen LogP contribution >= 0.6 is 11.6 Å². The smallest absolute Gasteiger partial charge is 0.320 e. The van der Waals surface area contributed by atoms with Gasteiger partial charge in [-0.25, -0.2) is 9.37 Å². The molecule has 194 valence electrons. The van der Waals surface area contributed by atoms with Gasteiger partial charge in [0, 0.05) is 30.9 Å². The maximum atomic E-state index is 14.8. The Morgan fingerprint density at radius 1 is 1.11 bits per heavy atom. The Labute approximate surface area is 220 Å². The van der Waals surface area contributed by atoms with Crippen LogP contribution in [0.25, 0.3) is 22.3 Å². The third-order valence-electron chi connectivity index (χ3n) is 8.68. The number of benzene rings is 1. The Morgan fingerprint density at radius 3 is 2.59 bits per heavy atom. The minimum atomic E-state index is -0.472. The number of nitrogens with one attached hydrogen (secondary N) is 1. The van der Waals surface area contributed by atoms with Gasteiger partial charge in [0.25, 0.3) is 0 Å². The maximum absolute atomic E-state index is 14.8. The number of anilines is 2. The molecule has 4 aliphatic heterocycles. The van der Waals surface area contributed by atoms with Crippen molar-refractivity contribution >= 4 is 34.1 Å². The molecule has 2 bridgehead atoms. The number of rotatable bonds is 5. The molecule has 37 heavy (non-hydrogen) atoms. The molecule has 7 rings (SSSR count). The van der Waals surface area contributed by atoms with Gasteiger partial charge in [0.1, 0.15) is 18.2 Å². The zero-order chi connectivity index (χ0) is 25.1. The second-order valence-electron chi connectivity index (χ2n) is 11.0. The van der Waals surface area contributed by atoms with Gasteiger partial charge in [-0.1, -0.05) is 17.7 Å². The highest BCUT2D eigenvalue weighted by Crippen LogP contribution is 2.40. The predicted octanol–water partition coefficient (Wildman–Crippen LogP) is 4.01. The van der Waals surface area contributed by atoms with Crippen molar-refractivity contribution in [1.82, 2.24) is 25.2 Å². The van der Waals surface area contributed by atoms with Gasteiger partial charge in [0.15, 0.2) is 5.65 Å². The Bertz CT molecular complexity index is 1330. The van der Waals surface area contributed by atoms with Crippen molar-refractivity contribution in [2.45, 2.75) is 56.1 Å². The minimum Gasteiger partial charge on any atom is -0.461 e. The van der Waals surface area contributed by atoms with Crippen LogP contribution in [0.2, 0.25) is 5.02 Å². The van der Waals surface area contributed by atoms with Crippen molar-refractivity contribution in [2.75, 3.05) is 43.4 Å². The van der Waals surface area contributed by atoms with Crippen LogP contribution in [0.15, 0.2) is 24.3 Å². The molecule has 0 aliphatic carbocycles. The molecule has 2 atom stereocenters. The first-order valence-corrected chi connectivity index (χ1v) is 13.7. The van der Waals surface area contributed by atoms with Gasteiger partial charge < -0.3 is 20.7 Å². The van der Waals surface area contributed by atoms with E-state index < -0.39 is 5.82 Å². The number of fused-ring (bicyclic) bond motifs is 4. The Hall–Kier alpha value is -2.75. The highest BCUT2D eigenvalue weighted by Gasteiger charge is 2.45. The normalized spacial score (nSPS) is 24.6. The topological polar surface area (TPSA) is 92.4 Å². The fourth-order valence-corrected chi connectivity index (χ4v) is 7.14. The van der Waals surface area contributed by atoms with E-state index >= 15 is 0 Å². The Balaban J connectivity index is 1.32. The van der Waals surface area contributed by atoms with Crippen molar-refractivity contribution in [3.05, 3.63) is 35.1 Å². The van der Waals surface area contributed by atoms with Gasteiger partial charge >= 0.3 is 6.01 Å². The zero-order valence-corrected chi connectivity index (χ0v) is 21.5. The number of nitrogens with two attached hydrogens (primary N) is 1. The lowest BCUT2D eigenvalue weighted by Gasteiger charge is -2.34. The molecule has 0 amide bonds. The summed E-state index contributed by atoms with van der Waals surface area (Å²) < 4.78 is 21.2. The second-order valence-corrected chi connectivity index (χ2v) is 11.4. The fourth-order valence-electron chi connectivity index (χ4n) is 6.90. The molecule has 4 saturated heterocycles. The standard InChI is InChI=1S/C27H31ClFN7O/c28-19-12-18-24(32-23(19)22-20(29)4-1-5-21(22)30)33-26(37-15-27-8-2-10-36(27)11-3-9-27)34-25(18)35-13-16-6-7-17(14-35)31-16/h1,4-5,12,16-17,31H,2-3,6-11,13-15,30H2.